The molecular formula is C19H29NO4S. The summed E-state index contributed by atoms with van der Waals surface area (Å²) in [7, 11) is -3.62. The van der Waals surface area contributed by atoms with Gasteiger partial charge >= 0.3 is 0 Å². The van der Waals surface area contributed by atoms with Gasteiger partial charge in [-0.15, -0.1) is 12.3 Å². The third-order valence-corrected chi connectivity index (χ3v) is 9.33. The first-order chi connectivity index (χ1) is 11.6. The molecule has 3 fully saturated rings. The van der Waals surface area contributed by atoms with Crippen molar-refractivity contribution in [3.8, 4) is 12.3 Å². The Hall–Kier alpha value is -1.06. The van der Waals surface area contributed by atoms with Crippen molar-refractivity contribution < 1.29 is 18.3 Å². The van der Waals surface area contributed by atoms with E-state index in [4.69, 9.17) is 6.42 Å². The Bertz CT molecular complexity index is 707. The summed E-state index contributed by atoms with van der Waals surface area (Å²) in [4.78, 5) is 13.0. The monoisotopic (exact) mass is 367 g/mol. The molecule has 1 aliphatic heterocycles. The molecule has 5 atom stereocenters. The van der Waals surface area contributed by atoms with E-state index >= 15 is 0 Å². The predicted molar refractivity (Wildman–Crippen MR) is 95.8 cm³/mol. The first-order valence-electron chi connectivity index (χ1n) is 9.26. The largest absolute Gasteiger partial charge is 0.392 e. The van der Waals surface area contributed by atoms with Crippen molar-refractivity contribution in [2.75, 3.05) is 5.75 Å². The quantitative estimate of drug-likeness (QED) is 0.597. The second-order valence-corrected chi connectivity index (χ2v) is 10.6. The fraction of sp³-hybridized carbons (Fsp3) is 0.842. The van der Waals surface area contributed by atoms with E-state index in [0.717, 1.165) is 23.6 Å². The van der Waals surface area contributed by atoms with Crippen molar-refractivity contribution in [2.45, 2.75) is 71.4 Å². The van der Waals surface area contributed by atoms with Gasteiger partial charge in [0, 0.05) is 11.8 Å². The van der Waals surface area contributed by atoms with Crippen molar-refractivity contribution >= 4 is 15.9 Å². The number of aliphatic hydroxyl groups excluding tert-OH is 1. The van der Waals surface area contributed by atoms with Gasteiger partial charge < -0.3 is 5.11 Å². The molecule has 5 nitrogen and oxygen atoms in total. The van der Waals surface area contributed by atoms with Crippen LogP contribution < -0.4 is 0 Å². The molecule has 1 N–H and O–H groups in total. The van der Waals surface area contributed by atoms with Gasteiger partial charge in [0.15, 0.2) is 0 Å². The van der Waals surface area contributed by atoms with Gasteiger partial charge in [0.2, 0.25) is 15.9 Å². The molecule has 25 heavy (non-hydrogen) atoms. The van der Waals surface area contributed by atoms with Crippen LogP contribution in [0.3, 0.4) is 0 Å². The minimum atomic E-state index is -3.62. The molecule has 0 unspecified atom stereocenters. The number of nitrogens with zero attached hydrogens (tertiary/aromatic N) is 1. The number of carbonyl (C=O) groups excluding carboxylic acids is 1. The summed E-state index contributed by atoms with van der Waals surface area (Å²) in [5, 5.41) is 10.3. The van der Waals surface area contributed by atoms with Crippen molar-refractivity contribution in [1.29, 1.82) is 0 Å². The lowest BCUT2D eigenvalue weighted by molar-refractivity contribution is -0.136. The number of carbonyl (C=O) groups is 1. The molecule has 0 radical (unpaired) electrons. The zero-order chi connectivity index (χ0) is 18.6. The van der Waals surface area contributed by atoms with Crippen LogP contribution >= 0.6 is 0 Å². The lowest BCUT2D eigenvalue weighted by atomic mass is 9.69. The molecule has 0 aromatic carbocycles. The lowest BCUT2D eigenvalue weighted by Crippen LogP contribution is -2.47. The second-order valence-electron chi connectivity index (χ2n) is 8.71. The summed E-state index contributed by atoms with van der Waals surface area (Å²) in [6.07, 6.45) is 8.62. The zero-order valence-electron chi connectivity index (χ0n) is 15.4. The number of amides is 1. The number of hydrogen-bond donors (Lipinski definition) is 1. The first-order valence-corrected chi connectivity index (χ1v) is 10.9. The molecule has 0 aromatic rings. The molecule has 1 saturated heterocycles. The van der Waals surface area contributed by atoms with E-state index in [1.165, 1.54) is 0 Å². The fourth-order valence-corrected chi connectivity index (χ4v) is 8.22. The summed E-state index contributed by atoms with van der Waals surface area (Å²) >= 11 is 0. The molecule has 2 aliphatic carbocycles. The zero-order valence-corrected chi connectivity index (χ0v) is 16.2. The van der Waals surface area contributed by atoms with Gasteiger partial charge in [0.05, 0.1) is 23.8 Å². The smallest absolute Gasteiger partial charge is 0.241 e. The number of fused-ring (bicyclic) bond motifs is 1. The Morgan fingerprint density at radius 3 is 2.72 bits per heavy atom. The number of rotatable bonds is 5. The lowest BCUT2D eigenvalue weighted by Gasteiger charge is -2.37. The van der Waals surface area contributed by atoms with Crippen LogP contribution in [0.4, 0.5) is 0 Å². The molecule has 140 valence electrons. The van der Waals surface area contributed by atoms with Crippen LogP contribution in [0.1, 0.15) is 59.3 Å². The molecular weight excluding hydrogens is 338 g/mol. The highest BCUT2D eigenvalue weighted by molar-refractivity contribution is 7.90. The predicted octanol–water partition coefficient (Wildman–Crippen LogP) is 2.15. The van der Waals surface area contributed by atoms with E-state index in [0.29, 0.717) is 25.2 Å². The summed E-state index contributed by atoms with van der Waals surface area (Å²) in [6, 6.07) is -0.237. The van der Waals surface area contributed by atoms with Crippen LogP contribution in [-0.2, 0) is 14.8 Å². The van der Waals surface area contributed by atoms with Crippen LogP contribution in [0.25, 0.3) is 0 Å². The maximum atomic E-state index is 13.0. The van der Waals surface area contributed by atoms with Gasteiger partial charge in [-0.1, -0.05) is 20.8 Å². The van der Waals surface area contributed by atoms with Crippen LogP contribution in [0.5, 0.6) is 0 Å². The highest BCUT2D eigenvalue weighted by Crippen LogP contribution is 2.70. The Labute approximate surface area is 151 Å². The fourth-order valence-electron chi connectivity index (χ4n) is 5.61. The normalized spacial score (nSPS) is 36.7. The van der Waals surface area contributed by atoms with Gasteiger partial charge in [-0.25, -0.2) is 12.7 Å². The van der Waals surface area contributed by atoms with Crippen molar-refractivity contribution in [2.24, 2.45) is 22.7 Å². The van der Waals surface area contributed by atoms with E-state index in [1.54, 1.807) is 6.92 Å². The van der Waals surface area contributed by atoms with E-state index in [2.05, 4.69) is 19.8 Å². The van der Waals surface area contributed by atoms with E-state index < -0.39 is 28.0 Å². The third-order valence-electron chi connectivity index (χ3n) is 7.42. The molecule has 2 saturated carbocycles. The maximum absolute atomic E-state index is 13.0. The van der Waals surface area contributed by atoms with Gasteiger partial charge in [-0.2, -0.15) is 0 Å². The first kappa shape index (κ1) is 18.7. The standard InChI is InChI=1S/C19H29NO4S/c1-5-6-7-8-15(21)13(2)17(22)20-16-11-14-9-10-19(16,18(14,3)4)12-25(20,23)24/h1,13-16,21H,6-12H2,2-4H3/t13-,14-,15+,16-,19-/m1/s1. The van der Waals surface area contributed by atoms with Crippen molar-refractivity contribution in [3.05, 3.63) is 0 Å². The van der Waals surface area contributed by atoms with E-state index in [9.17, 15) is 18.3 Å². The summed E-state index contributed by atoms with van der Waals surface area (Å²) in [5.41, 5.74) is -0.380. The van der Waals surface area contributed by atoms with Crippen LogP contribution in [0.2, 0.25) is 0 Å². The summed E-state index contributed by atoms with van der Waals surface area (Å²) in [5.74, 6) is 1.88. The molecule has 6 heteroatoms. The Morgan fingerprint density at radius 1 is 1.44 bits per heavy atom. The van der Waals surface area contributed by atoms with Gasteiger partial charge in [-0.05, 0) is 43.4 Å². The number of terminal acetylenes is 1. The van der Waals surface area contributed by atoms with Gasteiger partial charge in [-0.3, -0.25) is 4.79 Å². The molecule has 1 spiro atoms. The topological polar surface area (TPSA) is 74.7 Å². The third kappa shape index (κ3) is 2.54. The second kappa shape index (κ2) is 5.99. The van der Waals surface area contributed by atoms with Gasteiger partial charge in [0.1, 0.15) is 0 Å². The highest BCUT2D eigenvalue weighted by Gasteiger charge is 2.72. The average Bonchev–Trinajstić information content (AvgIpc) is 3.00. The van der Waals surface area contributed by atoms with Crippen LogP contribution in [-0.4, -0.2) is 41.6 Å². The SMILES string of the molecule is C#CCCC[C@H](O)[C@@H](C)C(=O)N1[C@@H]2C[C@H]3CC[C@]2(CS1(=O)=O)C3(C)C. The number of unbranched alkanes of at least 4 members (excludes halogenated alkanes) is 1. The molecule has 3 aliphatic rings. The van der Waals surface area contributed by atoms with Crippen molar-refractivity contribution in [1.82, 2.24) is 4.31 Å². The maximum Gasteiger partial charge on any atom is 0.241 e. The Balaban J connectivity index is 1.83. The molecule has 1 heterocycles. The minimum Gasteiger partial charge on any atom is -0.392 e. The molecule has 0 aromatic heterocycles. The molecule has 2 bridgehead atoms. The van der Waals surface area contributed by atoms with Crippen LogP contribution in [0, 0.1) is 35.0 Å². The van der Waals surface area contributed by atoms with E-state index in [1.807, 2.05) is 0 Å². The van der Waals surface area contributed by atoms with Crippen molar-refractivity contribution in [3.63, 3.8) is 0 Å². The molecule has 1 amide bonds. The van der Waals surface area contributed by atoms with Gasteiger partial charge in [0.25, 0.3) is 0 Å². The highest BCUT2D eigenvalue weighted by atomic mass is 32.2. The van der Waals surface area contributed by atoms with Crippen LogP contribution in [0.15, 0.2) is 0 Å². The number of aliphatic hydroxyl groups is 1. The minimum absolute atomic E-state index is 0.0611. The Kier molecular flexibility index (Phi) is 4.49. The van der Waals surface area contributed by atoms with E-state index in [-0.39, 0.29) is 22.6 Å². The summed E-state index contributed by atoms with van der Waals surface area (Å²) < 4.78 is 26.9. The average molecular weight is 368 g/mol. The summed E-state index contributed by atoms with van der Waals surface area (Å²) in [6.45, 7) is 5.94. The molecule has 3 rings (SSSR count). The number of hydrogen-bond acceptors (Lipinski definition) is 4. The number of sulfonamides is 1. The Morgan fingerprint density at radius 2 is 2.12 bits per heavy atom.